The summed E-state index contributed by atoms with van der Waals surface area (Å²) in [6.45, 7) is 1.91. The van der Waals surface area contributed by atoms with Crippen LogP contribution in [-0.2, 0) is 0 Å². The zero-order valence-corrected chi connectivity index (χ0v) is 10.8. The number of nitrogen functional groups attached to an aromatic ring is 1. The number of hydrogen-bond acceptors (Lipinski definition) is 4. The van der Waals surface area contributed by atoms with Gasteiger partial charge in [-0.25, -0.2) is 0 Å². The first kappa shape index (κ1) is 14.0. The molecule has 0 spiro atoms. The van der Waals surface area contributed by atoms with Gasteiger partial charge in [0.1, 0.15) is 0 Å². The highest BCUT2D eigenvalue weighted by Gasteiger charge is 2.12. The highest BCUT2D eigenvalue weighted by molar-refractivity contribution is 6.38. The van der Waals surface area contributed by atoms with Crippen LogP contribution in [0.5, 0.6) is 0 Å². The summed E-state index contributed by atoms with van der Waals surface area (Å²) >= 11 is 11.7. The van der Waals surface area contributed by atoms with Gasteiger partial charge in [-0.15, -0.1) is 0 Å². The number of halogens is 2. The van der Waals surface area contributed by atoms with E-state index in [1.54, 1.807) is 19.1 Å². The van der Waals surface area contributed by atoms with E-state index in [9.17, 15) is 5.11 Å². The Balaban J connectivity index is 2.79. The number of rotatable bonds is 4. The molecule has 1 atom stereocenters. The van der Waals surface area contributed by atoms with Gasteiger partial charge in [-0.2, -0.15) is 0 Å². The Bertz CT molecular complexity index is 412. The lowest BCUT2D eigenvalue weighted by Crippen LogP contribution is -2.19. The van der Waals surface area contributed by atoms with E-state index in [4.69, 9.17) is 34.0 Å². The van der Waals surface area contributed by atoms with Crippen LogP contribution in [0.2, 0.25) is 10.0 Å². The van der Waals surface area contributed by atoms with Crippen LogP contribution in [0.25, 0.3) is 0 Å². The summed E-state index contributed by atoms with van der Waals surface area (Å²) in [5.74, 6) is 0. The Morgan fingerprint density at radius 1 is 1.47 bits per heavy atom. The molecule has 0 saturated heterocycles. The first-order chi connectivity index (χ1) is 7.95. The molecule has 1 aromatic carbocycles. The number of aliphatic hydroxyl groups is 2. The second-order valence-electron chi connectivity index (χ2n) is 3.61. The molecule has 1 aromatic rings. The minimum Gasteiger partial charge on any atom is -0.514 e. The van der Waals surface area contributed by atoms with Gasteiger partial charge in [0.05, 0.1) is 28.1 Å². The van der Waals surface area contributed by atoms with Gasteiger partial charge in [-0.3, -0.25) is 0 Å². The van der Waals surface area contributed by atoms with Gasteiger partial charge >= 0.3 is 0 Å². The largest absolute Gasteiger partial charge is 0.514 e. The van der Waals surface area contributed by atoms with Gasteiger partial charge in [0.2, 0.25) is 0 Å². The van der Waals surface area contributed by atoms with Gasteiger partial charge in [0.25, 0.3) is 0 Å². The van der Waals surface area contributed by atoms with Crippen molar-refractivity contribution in [3.63, 3.8) is 0 Å². The van der Waals surface area contributed by atoms with Crippen LogP contribution in [0.15, 0.2) is 24.1 Å². The summed E-state index contributed by atoms with van der Waals surface area (Å²) in [6, 6.07) is 3.13. The maximum atomic E-state index is 9.88. The SMILES string of the molecule is C/C(=C\O)NCC(O)c1cc(Cl)c(N)c(Cl)c1. The van der Waals surface area contributed by atoms with Crippen molar-refractivity contribution in [2.24, 2.45) is 0 Å². The minimum atomic E-state index is -0.791. The van der Waals surface area contributed by atoms with Crippen LogP contribution in [-0.4, -0.2) is 16.8 Å². The zero-order valence-electron chi connectivity index (χ0n) is 9.24. The first-order valence-electron chi connectivity index (χ1n) is 4.93. The lowest BCUT2D eigenvalue weighted by molar-refractivity contribution is 0.178. The standard InChI is InChI=1S/C11H14Cl2N2O2/c1-6(5-16)15-4-10(17)7-2-8(12)11(14)9(13)3-7/h2-3,5,10,15-17H,4,14H2,1H3/b6-5+. The Labute approximate surface area is 110 Å². The van der Waals surface area contributed by atoms with Gasteiger partial charge in [0, 0.05) is 12.2 Å². The topological polar surface area (TPSA) is 78.5 Å². The maximum Gasteiger partial charge on any atom is 0.0978 e. The number of nitrogens with one attached hydrogen (secondary N) is 1. The molecule has 1 rings (SSSR count). The quantitative estimate of drug-likeness (QED) is 0.504. The van der Waals surface area contributed by atoms with Gasteiger partial charge in [-0.05, 0) is 24.6 Å². The molecule has 0 radical (unpaired) electrons. The third kappa shape index (κ3) is 3.70. The average Bonchev–Trinajstić information content (AvgIpc) is 2.31. The Morgan fingerprint density at radius 2 is 2.00 bits per heavy atom. The normalized spacial score (nSPS) is 13.5. The van der Waals surface area contributed by atoms with Crippen molar-refractivity contribution in [1.82, 2.24) is 5.32 Å². The van der Waals surface area contributed by atoms with Crippen LogP contribution in [0.3, 0.4) is 0 Å². The minimum absolute atomic E-state index is 0.236. The number of hydrogen-bond donors (Lipinski definition) is 4. The van der Waals surface area contributed by atoms with E-state index in [1.165, 1.54) is 0 Å². The molecule has 0 bridgehead atoms. The van der Waals surface area contributed by atoms with Crippen molar-refractivity contribution < 1.29 is 10.2 Å². The summed E-state index contributed by atoms with van der Waals surface area (Å²) in [7, 11) is 0. The molecule has 0 heterocycles. The van der Waals surface area contributed by atoms with Gasteiger partial charge < -0.3 is 21.3 Å². The van der Waals surface area contributed by atoms with Crippen LogP contribution in [0.4, 0.5) is 5.69 Å². The van der Waals surface area contributed by atoms with E-state index in [0.29, 0.717) is 27.0 Å². The molecule has 0 aromatic heterocycles. The lowest BCUT2D eigenvalue weighted by Gasteiger charge is -2.14. The van der Waals surface area contributed by atoms with Gasteiger partial charge in [0.15, 0.2) is 0 Å². The fourth-order valence-electron chi connectivity index (χ4n) is 1.22. The van der Waals surface area contributed by atoms with E-state index >= 15 is 0 Å². The molecule has 0 aliphatic rings. The molecule has 4 nitrogen and oxygen atoms in total. The molecule has 0 saturated carbocycles. The Morgan fingerprint density at radius 3 is 2.47 bits per heavy atom. The van der Waals surface area contributed by atoms with Gasteiger partial charge in [-0.1, -0.05) is 23.2 Å². The Hall–Kier alpha value is -1.10. The first-order valence-corrected chi connectivity index (χ1v) is 5.68. The van der Waals surface area contributed by atoms with Crippen LogP contribution < -0.4 is 11.1 Å². The molecule has 0 aliphatic heterocycles. The second kappa shape index (κ2) is 6.00. The molecule has 1 unspecified atom stereocenters. The van der Waals surface area contributed by atoms with Crippen LogP contribution >= 0.6 is 23.2 Å². The van der Waals surface area contributed by atoms with Crippen LogP contribution in [0, 0.1) is 0 Å². The third-order valence-electron chi connectivity index (χ3n) is 2.25. The van der Waals surface area contributed by atoms with Crippen LogP contribution in [0.1, 0.15) is 18.6 Å². The predicted octanol–water partition coefficient (Wildman–Crippen LogP) is 2.62. The maximum absolute atomic E-state index is 9.88. The second-order valence-corrected chi connectivity index (χ2v) is 4.42. The summed E-state index contributed by atoms with van der Waals surface area (Å²) in [5, 5.41) is 22.0. The van der Waals surface area contributed by atoms with E-state index in [0.717, 1.165) is 6.26 Å². The number of nitrogens with two attached hydrogens (primary N) is 1. The molecule has 0 fully saturated rings. The molecule has 17 heavy (non-hydrogen) atoms. The number of allylic oxidation sites excluding steroid dienone is 1. The van der Waals surface area contributed by atoms with E-state index in [2.05, 4.69) is 5.32 Å². The Kier molecular flexibility index (Phi) is 4.93. The van der Waals surface area contributed by atoms with E-state index in [-0.39, 0.29) is 6.54 Å². The fraction of sp³-hybridized carbons (Fsp3) is 0.273. The molecule has 94 valence electrons. The summed E-state index contributed by atoms with van der Waals surface area (Å²) in [6.07, 6.45) is 0.135. The number of benzene rings is 1. The monoisotopic (exact) mass is 276 g/mol. The number of anilines is 1. The smallest absolute Gasteiger partial charge is 0.0978 e. The van der Waals surface area contributed by atoms with E-state index < -0.39 is 6.10 Å². The third-order valence-corrected chi connectivity index (χ3v) is 2.88. The van der Waals surface area contributed by atoms with Crippen molar-refractivity contribution in [3.05, 3.63) is 39.7 Å². The zero-order chi connectivity index (χ0) is 13.0. The molecular weight excluding hydrogens is 263 g/mol. The van der Waals surface area contributed by atoms with Crippen molar-refractivity contribution >= 4 is 28.9 Å². The van der Waals surface area contributed by atoms with Crippen molar-refractivity contribution in [1.29, 1.82) is 0 Å². The van der Waals surface area contributed by atoms with Crippen molar-refractivity contribution in [2.45, 2.75) is 13.0 Å². The average molecular weight is 277 g/mol. The molecule has 5 N–H and O–H groups in total. The summed E-state index contributed by atoms with van der Waals surface area (Å²) in [4.78, 5) is 0. The molecule has 0 aliphatic carbocycles. The number of aliphatic hydroxyl groups excluding tert-OH is 2. The molecule has 0 amide bonds. The molecular formula is C11H14Cl2N2O2. The summed E-state index contributed by atoms with van der Waals surface area (Å²) in [5.41, 5.74) is 7.00. The summed E-state index contributed by atoms with van der Waals surface area (Å²) < 4.78 is 0. The van der Waals surface area contributed by atoms with Crippen molar-refractivity contribution in [2.75, 3.05) is 12.3 Å². The van der Waals surface area contributed by atoms with Crippen molar-refractivity contribution in [3.8, 4) is 0 Å². The highest BCUT2D eigenvalue weighted by Crippen LogP contribution is 2.31. The lowest BCUT2D eigenvalue weighted by atomic mass is 10.1. The highest BCUT2D eigenvalue weighted by atomic mass is 35.5. The molecule has 6 heteroatoms. The van der Waals surface area contributed by atoms with E-state index in [1.807, 2.05) is 0 Å². The fourth-order valence-corrected chi connectivity index (χ4v) is 1.72. The predicted molar refractivity (Wildman–Crippen MR) is 70.2 cm³/mol.